The third-order valence-corrected chi connectivity index (χ3v) is 3.99. The first-order valence-corrected chi connectivity index (χ1v) is 7.86. The molecule has 0 saturated heterocycles. The minimum atomic E-state index is 0.557. The van der Waals surface area contributed by atoms with Crippen molar-refractivity contribution in [1.82, 2.24) is 10.3 Å². The number of thiazole rings is 1. The van der Waals surface area contributed by atoms with Gasteiger partial charge in [0, 0.05) is 31.1 Å². The Bertz CT molecular complexity index is 431. The highest BCUT2D eigenvalue weighted by molar-refractivity contribution is 7.13. The van der Waals surface area contributed by atoms with E-state index in [1.807, 2.05) is 0 Å². The first-order valence-electron chi connectivity index (χ1n) is 6.98. The lowest BCUT2D eigenvalue weighted by atomic mass is 10.2. The van der Waals surface area contributed by atoms with Gasteiger partial charge < -0.3 is 10.2 Å². The average Bonchev–Trinajstić information content (AvgIpc) is 3.09. The summed E-state index contributed by atoms with van der Waals surface area (Å²) in [4.78, 5) is 6.92. The first kappa shape index (κ1) is 14.3. The number of hydrogen-bond acceptors (Lipinski definition) is 5. The highest BCUT2D eigenvalue weighted by Crippen LogP contribution is 2.23. The summed E-state index contributed by atoms with van der Waals surface area (Å²) in [5, 5.41) is 15.4. The number of nitriles is 1. The molecule has 104 valence electrons. The summed E-state index contributed by atoms with van der Waals surface area (Å²) in [5.41, 5.74) is 1.12. The first-order chi connectivity index (χ1) is 9.19. The van der Waals surface area contributed by atoms with E-state index in [2.05, 4.69) is 40.5 Å². The lowest BCUT2D eigenvalue weighted by molar-refractivity contribution is 0.609. The molecular weight excluding hydrogens is 256 g/mol. The number of hydrogen-bond donors (Lipinski definition) is 1. The number of aromatic nitrogens is 1. The second-order valence-electron chi connectivity index (χ2n) is 5.52. The predicted molar refractivity (Wildman–Crippen MR) is 79.3 cm³/mol. The van der Waals surface area contributed by atoms with E-state index in [-0.39, 0.29) is 0 Å². The maximum Gasteiger partial charge on any atom is 0.185 e. The van der Waals surface area contributed by atoms with Crippen LogP contribution < -0.4 is 10.2 Å². The van der Waals surface area contributed by atoms with Gasteiger partial charge in [-0.2, -0.15) is 5.26 Å². The molecule has 0 amide bonds. The molecule has 5 heteroatoms. The molecule has 0 atom stereocenters. The van der Waals surface area contributed by atoms with E-state index in [1.165, 1.54) is 12.8 Å². The third-order valence-electron chi connectivity index (χ3n) is 3.04. The second-order valence-corrected chi connectivity index (χ2v) is 6.36. The molecule has 0 unspecified atom stereocenters. The monoisotopic (exact) mass is 278 g/mol. The van der Waals surface area contributed by atoms with Crippen molar-refractivity contribution in [2.24, 2.45) is 5.92 Å². The number of nitrogens with zero attached hydrogens (tertiary/aromatic N) is 3. The van der Waals surface area contributed by atoms with E-state index < -0.39 is 0 Å². The smallest absolute Gasteiger partial charge is 0.185 e. The quantitative estimate of drug-likeness (QED) is 0.794. The van der Waals surface area contributed by atoms with E-state index in [9.17, 15) is 0 Å². The normalized spacial score (nSPS) is 14.6. The van der Waals surface area contributed by atoms with Gasteiger partial charge in [0.05, 0.1) is 18.2 Å². The molecule has 1 saturated carbocycles. The molecule has 0 radical (unpaired) electrons. The molecule has 1 aromatic heterocycles. The van der Waals surface area contributed by atoms with Gasteiger partial charge in [-0.1, -0.05) is 13.8 Å². The molecule has 0 aliphatic heterocycles. The van der Waals surface area contributed by atoms with Crippen LogP contribution in [0.15, 0.2) is 5.38 Å². The van der Waals surface area contributed by atoms with E-state index in [0.717, 1.165) is 36.5 Å². The van der Waals surface area contributed by atoms with Crippen LogP contribution in [0, 0.1) is 17.2 Å². The van der Waals surface area contributed by atoms with Gasteiger partial charge in [0.1, 0.15) is 0 Å². The highest BCUT2D eigenvalue weighted by atomic mass is 32.1. The van der Waals surface area contributed by atoms with Crippen molar-refractivity contribution in [3.05, 3.63) is 11.1 Å². The standard InChI is InChI=1S/C14H22N4S/c1-11(2)9-18(7-3-6-15)14-17-13(10-19-14)8-16-12-4-5-12/h10-12,16H,3-5,7-9H2,1-2H3. The fourth-order valence-electron chi connectivity index (χ4n) is 1.95. The molecule has 1 heterocycles. The molecule has 4 nitrogen and oxygen atoms in total. The van der Waals surface area contributed by atoms with Crippen molar-refractivity contribution in [3.63, 3.8) is 0 Å². The zero-order valence-electron chi connectivity index (χ0n) is 11.7. The number of nitrogens with one attached hydrogen (secondary N) is 1. The molecule has 1 aliphatic carbocycles. The van der Waals surface area contributed by atoms with Crippen LogP contribution in [0.25, 0.3) is 0 Å². The van der Waals surface area contributed by atoms with Crippen molar-refractivity contribution in [1.29, 1.82) is 5.26 Å². The Balaban J connectivity index is 1.92. The van der Waals surface area contributed by atoms with Crippen molar-refractivity contribution in [2.45, 2.75) is 45.7 Å². The predicted octanol–water partition coefficient (Wildman–Crippen LogP) is 2.77. The third kappa shape index (κ3) is 4.81. The van der Waals surface area contributed by atoms with Crippen LogP contribution in [-0.4, -0.2) is 24.1 Å². The van der Waals surface area contributed by atoms with Crippen LogP contribution >= 0.6 is 11.3 Å². The molecule has 1 aromatic rings. The Labute approximate surface area is 119 Å². The van der Waals surface area contributed by atoms with Gasteiger partial charge in [-0.3, -0.25) is 0 Å². The van der Waals surface area contributed by atoms with Gasteiger partial charge >= 0.3 is 0 Å². The van der Waals surface area contributed by atoms with Crippen LogP contribution in [0.2, 0.25) is 0 Å². The summed E-state index contributed by atoms with van der Waals surface area (Å²) in [7, 11) is 0. The minimum Gasteiger partial charge on any atom is -0.347 e. The van der Waals surface area contributed by atoms with Gasteiger partial charge in [-0.25, -0.2) is 4.98 Å². The largest absolute Gasteiger partial charge is 0.347 e. The Hall–Kier alpha value is -1.12. The molecule has 2 rings (SSSR count). The summed E-state index contributed by atoms with van der Waals surface area (Å²) < 4.78 is 0. The SMILES string of the molecule is CC(C)CN(CCC#N)c1nc(CNC2CC2)cs1. The van der Waals surface area contributed by atoms with Crippen LogP contribution in [0.3, 0.4) is 0 Å². The maximum absolute atomic E-state index is 8.75. The van der Waals surface area contributed by atoms with Gasteiger partial charge in [-0.15, -0.1) is 11.3 Å². The average molecular weight is 278 g/mol. The highest BCUT2D eigenvalue weighted by Gasteiger charge is 2.20. The van der Waals surface area contributed by atoms with Gasteiger partial charge in [0.2, 0.25) is 0 Å². The van der Waals surface area contributed by atoms with Crippen LogP contribution in [0.4, 0.5) is 5.13 Å². The zero-order chi connectivity index (χ0) is 13.7. The molecule has 1 N–H and O–H groups in total. The molecule has 1 fully saturated rings. The number of anilines is 1. The van der Waals surface area contributed by atoms with Crippen molar-refractivity contribution in [3.8, 4) is 6.07 Å². The lowest BCUT2D eigenvalue weighted by Crippen LogP contribution is -2.28. The van der Waals surface area contributed by atoms with Crippen molar-refractivity contribution < 1.29 is 0 Å². The molecular formula is C14H22N4S. The Morgan fingerprint density at radius 3 is 3.00 bits per heavy atom. The van der Waals surface area contributed by atoms with Crippen LogP contribution in [0.5, 0.6) is 0 Å². The summed E-state index contributed by atoms with van der Waals surface area (Å²) in [5.74, 6) is 0.579. The molecule has 1 aliphatic rings. The summed E-state index contributed by atoms with van der Waals surface area (Å²) in [6, 6.07) is 2.94. The lowest BCUT2D eigenvalue weighted by Gasteiger charge is -2.22. The maximum atomic E-state index is 8.75. The minimum absolute atomic E-state index is 0.557. The Morgan fingerprint density at radius 2 is 2.37 bits per heavy atom. The summed E-state index contributed by atoms with van der Waals surface area (Å²) >= 11 is 1.69. The van der Waals surface area contributed by atoms with Crippen LogP contribution in [0.1, 0.15) is 38.8 Å². The molecule has 19 heavy (non-hydrogen) atoms. The van der Waals surface area contributed by atoms with Gasteiger partial charge in [0.25, 0.3) is 0 Å². The molecule has 0 spiro atoms. The van der Waals surface area contributed by atoms with E-state index in [4.69, 9.17) is 5.26 Å². The second kappa shape index (κ2) is 6.88. The summed E-state index contributed by atoms with van der Waals surface area (Å²) in [6.45, 7) is 7.00. The van der Waals surface area contributed by atoms with Crippen LogP contribution in [-0.2, 0) is 6.54 Å². The Morgan fingerprint density at radius 1 is 1.58 bits per heavy atom. The topological polar surface area (TPSA) is 52.0 Å². The zero-order valence-corrected chi connectivity index (χ0v) is 12.5. The summed E-state index contributed by atoms with van der Waals surface area (Å²) in [6.07, 6.45) is 3.17. The number of rotatable bonds is 8. The molecule has 0 bridgehead atoms. The fourth-order valence-corrected chi connectivity index (χ4v) is 2.81. The van der Waals surface area contributed by atoms with Gasteiger partial charge in [0.15, 0.2) is 5.13 Å². The van der Waals surface area contributed by atoms with Gasteiger partial charge in [-0.05, 0) is 18.8 Å². The van der Waals surface area contributed by atoms with Crippen molar-refractivity contribution in [2.75, 3.05) is 18.0 Å². The van der Waals surface area contributed by atoms with E-state index >= 15 is 0 Å². The molecule has 0 aromatic carbocycles. The van der Waals surface area contributed by atoms with E-state index in [0.29, 0.717) is 12.3 Å². The fraction of sp³-hybridized carbons (Fsp3) is 0.714. The van der Waals surface area contributed by atoms with Crippen molar-refractivity contribution >= 4 is 16.5 Å². The van der Waals surface area contributed by atoms with E-state index in [1.54, 1.807) is 11.3 Å². The Kier molecular flexibility index (Phi) is 5.17.